The van der Waals surface area contributed by atoms with E-state index in [2.05, 4.69) is 6.92 Å². The lowest BCUT2D eigenvalue weighted by molar-refractivity contribution is 0.0813. The van der Waals surface area contributed by atoms with E-state index in [0.29, 0.717) is 5.92 Å². The Balaban J connectivity index is 2.06. The first kappa shape index (κ1) is 13.5. The third kappa shape index (κ3) is 2.90. The average molecular weight is 251 g/mol. The standard InChI is InChI=1S/C15H22FNO/c1-3-15-13(6-7-18-15)14(17)9-11-8-12(16)5-4-10(11)2/h4-5,8,13-15H,3,6-7,9,17H2,1-2H3. The SMILES string of the molecule is CCC1OCCC1C(N)Cc1cc(F)ccc1C. The molecule has 2 N–H and O–H groups in total. The molecule has 0 amide bonds. The van der Waals surface area contributed by atoms with Crippen LogP contribution in [0.5, 0.6) is 0 Å². The minimum Gasteiger partial charge on any atom is -0.378 e. The molecule has 1 heterocycles. The van der Waals surface area contributed by atoms with Gasteiger partial charge in [0.25, 0.3) is 0 Å². The monoisotopic (exact) mass is 251 g/mol. The molecule has 18 heavy (non-hydrogen) atoms. The number of aryl methyl sites for hydroxylation is 1. The number of ether oxygens (including phenoxy) is 1. The molecule has 100 valence electrons. The fourth-order valence-electron chi connectivity index (χ4n) is 2.84. The lowest BCUT2D eigenvalue weighted by Gasteiger charge is -2.24. The lowest BCUT2D eigenvalue weighted by Crippen LogP contribution is -2.37. The van der Waals surface area contributed by atoms with E-state index in [-0.39, 0.29) is 18.0 Å². The van der Waals surface area contributed by atoms with Crippen molar-refractivity contribution in [2.75, 3.05) is 6.61 Å². The molecule has 2 nitrogen and oxygen atoms in total. The van der Waals surface area contributed by atoms with Crippen molar-refractivity contribution >= 4 is 0 Å². The first-order chi connectivity index (χ1) is 8.61. The van der Waals surface area contributed by atoms with Gasteiger partial charge in [0, 0.05) is 18.6 Å². The maximum atomic E-state index is 13.3. The molecule has 1 saturated heterocycles. The van der Waals surface area contributed by atoms with Gasteiger partial charge in [-0.15, -0.1) is 0 Å². The fraction of sp³-hybridized carbons (Fsp3) is 0.600. The molecule has 0 aliphatic carbocycles. The van der Waals surface area contributed by atoms with Crippen molar-refractivity contribution in [1.82, 2.24) is 0 Å². The second-order valence-electron chi connectivity index (χ2n) is 5.21. The summed E-state index contributed by atoms with van der Waals surface area (Å²) in [6, 6.07) is 4.97. The highest BCUT2D eigenvalue weighted by Crippen LogP contribution is 2.27. The third-order valence-electron chi connectivity index (χ3n) is 3.98. The molecule has 0 radical (unpaired) electrons. The van der Waals surface area contributed by atoms with Crippen molar-refractivity contribution in [3.8, 4) is 0 Å². The first-order valence-electron chi connectivity index (χ1n) is 6.74. The van der Waals surface area contributed by atoms with Gasteiger partial charge in [-0.05, 0) is 49.4 Å². The average Bonchev–Trinajstić information content (AvgIpc) is 2.82. The molecule has 3 atom stereocenters. The number of benzene rings is 1. The Morgan fingerprint density at radius 3 is 3.00 bits per heavy atom. The fourth-order valence-corrected chi connectivity index (χ4v) is 2.84. The number of nitrogens with two attached hydrogens (primary N) is 1. The van der Waals surface area contributed by atoms with Gasteiger partial charge in [-0.3, -0.25) is 0 Å². The molecule has 1 aromatic rings. The van der Waals surface area contributed by atoms with Crippen molar-refractivity contribution in [2.45, 2.75) is 45.3 Å². The van der Waals surface area contributed by atoms with Gasteiger partial charge in [0.05, 0.1) is 6.10 Å². The zero-order chi connectivity index (χ0) is 13.1. The molecule has 1 aliphatic heterocycles. The van der Waals surface area contributed by atoms with E-state index in [0.717, 1.165) is 37.0 Å². The van der Waals surface area contributed by atoms with Crippen LogP contribution in [0.4, 0.5) is 4.39 Å². The van der Waals surface area contributed by atoms with Crippen LogP contribution in [0.3, 0.4) is 0 Å². The minimum absolute atomic E-state index is 0.0537. The molecule has 0 aromatic heterocycles. The predicted octanol–water partition coefficient (Wildman–Crippen LogP) is 2.82. The lowest BCUT2D eigenvalue weighted by atomic mass is 9.87. The van der Waals surface area contributed by atoms with Crippen molar-refractivity contribution in [3.63, 3.8) is 0 Å². The number of rotatable bonds is 4. The van der Waals surface area contributed by atoms with Crippen molar-refractivity contribution in [3.05, 3.63) is 35.1 Å². The van der Waals surface area contributed by atoms with E-state index < -0.39 is 0 Å². The maximum absolute atomic E-state index is 13.3. The van der Waals surface area contributed by atoms with Gasteiger partial charge in [-0.25, -0.2) is 4.39 Å². The summed E-state index contributed by atoms with van der Waals surface area (Å²) in [5.41, 5.74) is 8.42. The second-order valence-corrected chi connectivity index (χ2v) is 5.21. The Kier molecular flexibility index (Phi) is 4.36. The van der Waals surface area contributed by atoms with E-state index in [4.69, 9.17) is 10.5 Å². The van der Waals surface area contributed by atoms with Gasteiger partial charge < -0.3 is 10.5 Å². The van der Waals surface area contributed by atoms with Crippen molar-refractivity contribution in [1.29, 1.82) is 0 Å². The summed E-state index contributed by atoms with van der Waals surface area (Å²) in [5, 5.41) is 0. The quantitative estimate of drug-likeness (QED) is 0.893. The first-order valence-corrected chi connectivity index (χ1v) is 6.74. The van der Waals surface area contributed by atoms with Crippen LogP contribution in [-0.4, -0.2) is 18.8 Å². The Morgan fingerprint density at radius 2 is 2.28 bits per heavy atom. The smallest absolute Gasteiger partial charge is 0.123 e. The van der Waals surface area contributed by atoms with E-state index in [1.54, 1.807) is 6.07 Å². The molecule has 0 spiro atoms. The van der Waals surface area contributed by atoms with Gasteiger partial charge in [0.2, 0.25) is 0 Å². The van der Waals surface area contributed by atoms with Gasteiger partial charge in [0.1, 0.15) is 5.82 Å². The van der Waals surface area contributed by atoms with Crippen LogP contribution in [0.2, 0.25) is 0 Å². The maximum Gasteiger partial charge on any atom is 0.123 e. The highest BCUT2D eigenvalue weighted by atomic mass is 19.1. The summed E-state index contributed by atoms with van der Waals surface area (Å²) in [6.07, 6.45) is 3.02. The zero-order valence-corrected chi connectivity index (χ0v) is 11.2. The summed E-state index contributed by atoms with van der Waals surface area (Å²) in [6.45, 7) is 4.94. The predicted molar refractivity (Wildman–Crippen MR) is 71.0 cm³/mol. The van der Waals surface area contributed by atoms with Crippen LogP contribution in [0, 0.1) is 18.7 Å². The Bertz CT molecular complexity index is 407. The molecular weight excluding hydrogens is 229 g/mol. The topological polar surface area (TPSA) is 35.2 Å². The molecule has 1 aromatic carbocycles. The minimum atomic E-state index is -0.183. The normalized spacial score (nSPS) is 25.3. The summed E-state index contributed by atoms with van der Waals surface area (Å²) >= 11 is 0. The Labute approximate surface area is 108 Å². The molecule has 1 aliphatic rings. The van der Waals surface area contributed by atoms with Crippen LogP contribution >= 0.6 is 0 Å². The van der Waals surface area contributed by atoms with Crippen LogP contribution < -0.4 is 5.73 Å². The van der Waals surface area contributed by atoms with E-state index in [9.17, 15) is 4.39 Å². The summed E-state index contributed by atoms with van der Waals surface area (Å²) in [5.74, 6) is 0.218. The summed E-state index contributed by atoms with van der Waals surface area (Å²) in [7, 11) is 0. The molecule has 3 heteroatoms. The number of hydrogen-bond donors (Lipinski definition) is 1. The van der Waals surface area contributed by atoms with Gasteiger partial charge >= 0.3 is 0 Å². The van der Waals surface area contributed by atoms with E-state index in [1.807, 2.05) is 13.0 Å². The summed E-state index contributed by atoms with van der Waals surface area (Å²) < 4.78 is 18.9. The molecule has 2 rings (SSSR count). The summed E-state index contributed by atoms with van der Waals surface area (Å²) in [4.78, 5) is 0. The Hall–Kier alpha value is -0.930. The van der Waals surface area contributed by atoms with E-state index in [1.165, 1.54) is 6.07 Å². The molecule has 1 fully saturated rings. The van der Waals surface area contributed by atoms with Crippen molar-refractivity contribution in [2.24, 2.45) is 11.7 Å². The molecule has 0 bridgehead atoms. The van der Waals surface area contributed by atoms with Gasteiger partial charge in [0.15, 0.2) is 0 Å². The number of hydrogen-bond acceptors (Lipinski definition) is 2. The van der Waals surface area contributed by atoms with Crippen LogP contribution in [0.1, 0.15) is 30.9 Å². The molecule has 3 unspecified atom stereocenters. The van der Waals surface area contributed by atoms with Gasteiger partial charge in [-0.2, -0.15) is 0 Å². The van der Waals surface area contributed by atoms with Crippen LogP contribution in [0.25, 0.3) is 0 Å². The Morgan fingerprint density at radius 1 is 1.50 bits per heavy atom. The number of halogens is 1. The third-order valence-corrected chi connectivity index (χ3v) is 3.98. The molecule has 0 saturated carbocycles. The molecular formula is C15H22FNO. The van der Waals surface area contributed by atoms with Gasteiger partial charge in [-0.1, -0.05) is 13.0 Å². The second kappa shape index (κ2) is 5.81. The highest BCUT2D eigenvalue weighted by molar-refractivity contribution is 5.27. The van der Waals surface area contributed by atoms with E-state index >= 15 is 0 Å². The van der Waals surface area contributed by atoms with Crippen LogP contribution in [0.15, 0.2) is 18.2 Å². The largest absolute Gasteiger partial charge is 0.378 e. The van der Waals surface area contributed by atoms with Crippen molar-refractivity contribution < 1.29 is 9.13 Å². The van der Waals surface area contributed by atoms with Crippen LogP contribution in [-0.2, 0) is 11.2 Å². The zero-order valence-electron chi connectivity index (χ0n) is 11.2. The highest BCUT2D eigenvalue weighted by Gasteiger charge is 2.31.